The molecule has 0 radical (unpaired) electrons. The molecule has 0 bridgehead atoms. The van der Waals surface area contributed by atoms with E-state index in [1.165, 1.54) is 0 Å². The van der Waals surface area contributed by atoms with Crippen molar-refractivity contribution in [3.63, 3.8) is 0 Å². The van der Waals surface area contributed by atoms with Crippen LogP contribution in [0.2, 0.25) is 0 Å². The summed E-state index contributed by atoms with van der Waals surface area (Å²) in [7, 11) is 0. The van der Waals surface area contributed by atoms with Gasteiger partial charge in [0.05, 0.1) is 4.47 Å². The normalized spacial score (nSPS) is 14.1. The Balaban J connectivity index is 3.14. The Morgan fingerprint density at radius 1 is 1.36 bits per heavy atom. The first-order valence-electron chi connectivity index (χ1n) is 4.57. The molecule has 1 aromatic carbocycles. The van der Waals surface area contributed by atoms with E-state index in [-0.39, 0.29) is 17.2 Å². The second-order valence-electron chi connectivity index (χ2n) is 4.52. The van der Waals surface area contributed by atoms with Gasteiger partial charge in [-0.3, -0.25) is 0 Å². The van der Waals surface area contributed by atoms with Crippen molar-refractivity contribution in [2.45, 2.75) is 26.8 Å². The zero-order valence-electron chi connectivity index (χ0n) is 8.71. The average Bonchev–Trinajstić information content (AvgIpc) is 2.07. The Hall–Kier alpha value is -0.540. The van der Waals surface area contributed by atoms with Crippen molar-refractivity contribution < 1.29 is 5.11 Å². The van der Waals surface area contributed by atoms with E-state index in [9.17, 15) is 5.11 Å². The van der Waals surface area contributed by atoms with Gasteiger partial charge in [0.2, 0.25) is 0 Å². The molecule has 0 aliphatic rings. The lowest BCUT2D eigenvalue weighted by Gasteiger charge is -2.28. The first kappa shape index (κ1) is 11.5. The SMILES string of the molecule is CC(C)(C)[C@H](N)c1cccc(Br)c1O. The molecule has 0 amide bonds. The van der Waals surface area contributed by atoms with Crippen LogP contribution in [0.25, 0.3) is 0 Å². The monoisotopic (exact) mass is 257 g/mol. The van der Waals surface area contributed by atoms with E-state index < -0.39 is 0 Å². The lowest BCUT2D eigenvalue weighted by atomic mass is 9.83. The third-order valence-corrected chi connectivity index (χ3v) is 2.93. The van der Waals surface area contributed by atoms with Crippen LogP contribution in [0.1, 0.15) is 32.4 Å². The Morgan fingerprint density at radius 2 is 1.93 bits per heavy atom. The Bertz CT molecular complexity index is 331. The van der Waals surface area contributed by atoms with E-state index in [2.05, 4.69) is 36.7 Å². The molecule has 0 heterocycles. The lowest BCUT2D eigenvalue weighted by Crippen LogP contribution is -2.26. The summed E-state index contributed by atoms with van der Waals surface area (Å²) in [6.07, 6.45) is 0. The summed E-state index contributed by atoms with van der Waals surface area (Å²) < 4.78 is 0.690. The maximum Gasteiger partial charge on any atom is 0.134 e. The summed E-state index contributed by atoms with van der Waals surface area (Å²) in [4.78, 5) is 0. The van der Waals surface area contributed by atoms with Gasteiger partial charge in [-0.25, -0.2) is 0 Å². The maximum atomic E-state index is 9.80. The molecule has 1 rings (SSSR count). The smallest absolute Gasteiger partial charge is 0.134 e. The average molecular weight is 258 g/mol. The first-order valence-corrected chi connectivity index (χ1v) is 5.36. The predicted octanol–water partition coefficient (Wildman–Crippen LogP) is 3.20. The van der Waals surface area contributed by atoms with Crippen LogP contribution in [-0.4, -0.2) is 5.11 Å². The number of hydrogen-bond donors (Lipinski definition) is 2. The molecule has 0 unspecified atom stereocenters. The van der Waals surface area contributed by atoms with Crippen LogP contribution in [0, 0.1) is 5.41 Å². The molecular weight excluding hydrogens is 242 g/mol. The first-order chi connectivity index (χ1) is 6.34. The highest BCUT2D eigenvalue weighted by atomic mass is 79.9. The molecule has 3 heteroatoms. The van der Waals surface area contributed by atoms with Gasteiger partial charge in [0.15, 0.2) is 0 Å². The van der Waals surface area contributed by atoms with E-state index in [0.29, 0.717) is 4.47 Å². The number of phenolic OH excluding ortho intramolecular Hbond substituents is 1. The lowest BCUT2D eigenvalue weighted by molar-refractivity contribution is 0.317. The van der Waals surface area contributed by atoms with Crippen LogP contribution in [0.15, 0.2) is 22.7 Å². The van der Waals surface area contributed by atoms with E-state index >= 15 is 0 Å². The van der Waals surface area contributed by atoms with E-state index in [4.69, 9.17) is 5.73 Å². The van der Waals surface area contributed by atoms with Crippen LogP contribution < -0.4 is 5.73 Å². The van der Waals surface area contributed by atoms with Crippen molar-refractivity contribution in [3.8, 4) is 5.75 Å². The molecule has 0 aliphatic carbocycles. The maximum absolute atomic E-state index is 9.80. The molecule has 3 N–H and O–H groups in total. The molecule has 0 saturated heterocycles. The van der Waals surface area contributed by atoms with Gasteiger partial charge in [-0.05, 0) is 27.4 Å². The molecule has 0 fully saturated rings. The number of halogens is 1. The Kier molecular flexibility index (Phi) is 3.22. The highest BCUT2D eigenvalue weighted by molar-refractivity contribution is 9.10. The minimum Gasteiger partial charge on any atom is -0.506 e. The molecule has 1 atom stereocenters. The van der Waals surface area contributed by atoms with Crippen LogP contribution in [0.3, 0.4) is 0 Å². The van der Waals surface area contributed by atoms with Gasteiger partial charge < -0.3 is 10.8 Å². The highest BCUT2D eigenvalue weighted by Crippen LogP contribution is 2.38. The molecule has 0 spiro atoms. The number of nitrogens with two attached hydrogens (primary N) is 1. The van der Waals surface area contributed by atoms with Crippen LogP contribution in [-0.2, 0) is 0 Å². The second-order valence-corrected chi connectivity index (χ2v) is 5.38. The standard InChI is InChI=1S/C11H16BrNO/c1-11(2,3)10(13)7-5-4-6-8(12)9(7)14/h4-6,10,14H,13H2,1-3H3/t10-/m1/s1. The molecule has 0 aliphatic heterocycles. The molecular formula is C11H16BrNO. The fourth-order valence-electron chi connectivity index (χ4n) is 1.25. The third kappa shape index (κ3) is 2.28. The van der Waals surface area contributed by atoms with Crippen LogP contribution in [0.4, 0.5) is 0 Å². The minimum atomic E-state index is -0.167. The topological polar surface area (TPSA) is 46.2 Å². The zero-order valence-corrected chi connectivity index (χ0v) is 10.3. The summed E-state index contributed by atoms with van der Waals surface area (Å²) in [5.41, 5.74) is 6.79. The fraction of sp³-hybridized carbons (Fsp3) is 0.455. The predicted molar refractivity (Wildman–Crippen MR) is 62.2 cm³/mol. The highest BCUT2D eigenvalue weighted by Gasteiger charge is 2.25. The van der Waals surface area contributed by atoms with Crippen molar-refractivity contribution in [3.05, 3.63) is 28.2 Å². The third-order valence-electron chi connectivity index (χ3n) is 2.29. The largest absolute Gasteiger partial charge is 0.506 e. The van der Waals surface area contributed by atoms with Gasteiger partial charge in [-0.2, -0.15) is 0 Å². The number of hydrogen-bond acceptors (Lipinski definition) is 2. The molecule has 14 heavy (non-hydrogen) atoms. The zero-order chi connectivity index (χ0) is 10.9. The van der Waals surface area contributed by atoms with Gasteiger partial charge in [0.25, 0.3) is 0 Å². The summed E-state index contributed by atoms with van der Waals surface area (Å²) in [5, 5.41) is 9.80. The number of phenols is 1. The number of benzene rings is 1. The van der Waals surface area contributed by atoms with Crippen molar-refractivity contribution in [2.75, 3.05) is 0 Å². The van der Waals surface area contributed by atoms with Crippen molar-refractivity contribution in [2.24, 2.45) is 11.1 Å². The van der Waals surface area contributed by atoms with Gasteiger partial charge in [0.1, 0.15) is 5.75 Å². The van der Waals surface area contributed by atoms with Gasteiger partial charge >= 0.3 is 0 Å². The van der Waals surface area contributed by atoms with E-state index in [0.717, 1.165) is 5.56 Å². The number of rotatable bonds is 1. The van der Waals surface area contributed by atoms with Gasteiger partial charge in [0, 0.05) is 11.6 Å². The second kappa shape index (κ2) is 3.91. The summed E-state index contributed by atoms with van der Waals surface area (Å²) in [6, 6.07) is 5.37. The summed E-state index contributed by atoms with van der Waals surface area (Å²) in [5.74, 6) is 0.245. The van der Waals surface area contributed by atoms with Crippen molar-refractivity contribution >= 4 is 15.9 Å². The van der Waals surface area contributed by atoms with E-state index in [1.54, 1.807) is 6.07 Å². The molecule has 0 saturated carbocycles. The van der Waals surface area contributed by atoms with Crippen LogP contribution in [0.5, 0.6) is 5.75 Å². The van der Waals surface area contributed by atoms with Gasteiger partial charge in [-0.1, -0.05) is 32.9 Å². The van der Waals surface area contributed by atoms with Crippen LogP contribution >= 0.6 is 15.9 Å². The summed E-state index contributed by atoms with van der Waals surface area (Å²) >= 11 is 3.28. The quantitative estimate of drug-likeness (QED) is 0.812. The van der Waals surface area contributed by atoms with Crippen molar-refractivity contribution in [1.82, 2.24) is 0 Å². The number of aromatic hydroxyl groups is 1. The van der Waals surface area contributed by atoms with Crippen molar-refractivity contribution in [1.29, 1.82) is 0 Å². The summed E-state index contributed by atoms with van der Waals surface area (Å²) in [6.45, 7) is 6.16. The Morgan fingerprint density at radius 3 is 2.43 bits per heavy atom. The fourth-order valence-corrected chi connectivity index (χ4v) is 1.63. The molecule has 2 nitrogen and oxygen atoms in total. The Labute approximate surface area is 93.3 Å². The molecule has 1 aromatic rings. The van der Waals surface area contributed by atoms with E-state index in [1.807, 2.05) is 12.1 Å². The number of para-hydroxylation sites is 1. The molecule has 78 valence electrons. The molecule has 0 aromatic heterocycles. The van der Waals surface area contributed by atoms with Gasteiger partial charge in [-0.15, -0.1) is 0 Å². The minimum absolute atomic E-state index is 0.0573.